The van der Waals surface area contributed by atoms with E-state index in [1.54, 1.807) is 13.1 Å². The van der Waals surface area contributed by atoms with E-state index in [4.69, 9.17) is 21.3 Å². The molecule has 1 aliphatic carbocycles. The van der Waals surface area contributed by atoms with Crippen molar-refractivity contribution in [2.45, 2.75) is 39.3 Å². The molecular weight excluding hydrogens is 515 g/mol. The molecule has 2 aromatic rings. The number of nitrogens with one attached hydrogen (secondary N) is 2. The van der Waals surface area contributed by atoms with Crippen molar-refractivity contribution in [3.05, 3.63) is 62.5 Å². The number of ether oxygens (including phenoxy) is 1. The summed E-state index contributed by atoms with van der Waals surface area (Å²) in [7, 11) is -3.42. The molecule has 1 unspecified atom stereocenters. The highest BCUT2D eigenvalue weighted by Gasteiger charge is 2.53. The van der Waals surface area contributed by atoms with Gasteiger partial charge >= 0.3 is 5.97 Å². The van der Waals surface area contributed by atoms with Gasteiger partial charge in [-0.2, -0.15) is 0 Å². The molecule has 35 heavy (non-hydrogen) atoms. The zero-order valence-electron chi connectivity index (χ0n) is 19.6. The van der Waals surface area contributed by atoms with Gasteiger partial charge in [-0.05, 0) is 30.9 Å². The normalized spacial score (nSPS) is 23.8. The number of halogens is 2. The Morgan fingerprint density at radius 1 is 1.40 bits per heavy atom. The van der Waals surface area contributed by atoms with Gasteiger partial charge in [0.05, 0.1) is 18.4 Å². The molecule has 1 aromatic carbocycles. The average molecular weight is 541 g/mol. The lowest BCUT2D eigenvalue weighted by molar-refractivity contribution is -0.139. The first-order chi connectivity index (χ1) is 16.4. The molecule has 12 heteroatoms. The van der Waals surface area contributed by atoms with Crippen LogP contribution in [0, 0.1) is 17.2 Å². The molecule has 2 N–H and O–H groups in total. The lowest BCUT2D eigenvalue weighted by atomic mass is 9.57. The molecule has 1 fully saturated rings. The van der Waals surface area contributed by atoms with Crippen LogP contribution in [-0.2, 0) is 19.6 Å². The highest BCUT2D eigenvalue weighted by molar-refractivity contribution is 7.88. The molecule has 0 saturated heterocycles. The molecule has 0 amide bonds. The van der Waals surface area contributed by atoms with E-state index >= 15 is 0 Å². The Kier molecular flexibility index (Phi) is 7.07. The average Bonchev–Trinajstić information content (AvgIpc) is 3.30. The van der Waals surface area contributed by atoms with E-state index in [1.807, 2.05) is 19.2 Å². The second-order valence-corrected chi connectivity index (χ2v) is 12.2. The number of hydrogen-bond donors (Lipinski definition) is 2. The van der Waals surface area contributed by atoms with Gasteiger partial charge in [0, 0.05) is 39.8 Å². The van der Waals surface area contributed by atoms with Crippen LogP contribution in [0.25, 0.3) is 0 Å². The van der Waals surface area contributed by atoms with Crippen molar-refractivity contribution in [2.24, 2.45) is 16.3 Å². The predicted molar refractivity (Wildman–Crippen MR) is 133 cm³/mol. The Bertz CT molecular complexity index is 1310. The summed E-state index contributed by atoms with van der Waals surface area (Å²) >= 11 is 7.79. The summed E-state index contributed by atoms with van der Waals surface area (Å²) < 4.78 is 45.7. The first kappa shape index (κ1) is 25.7. The van der Waals surface area contributed by atoms with E-state index in [2.05, 4.69) is 15.0 Å². The fourth-order valence-corrected chi connectivity index (χ4v) is 6.32. The number of amidine groups is 1. The Balaban J connectivity index is 1.86. The van der Waals surface area contributed by atoms with Crippen LogP contribution in [0.15, 0.2) is 46.0 Å². The number of benzene rings is 1. The molecule has 3 atom stereocenters. The van der Waals surface area contributed by atoms with Crippen molar-refractivity contribution in [1.82, 2.24) is 15.0 Å². The molecule has 0 bridgehead atoms. The minimum Gasteiger partial charge on any atom is -0.463 e. The van der Waals surface area contributed by atoms with Crippen molar-refractivity contribution >= 4 is 44.8 Å². The Labute approximate surface area is 212 Å². The predicted octanol–water partition coefficient (Wildman–Crippen LogP) is 3.81. The van der Waals surface area contributed by atoms with Gasteiger partial charge in [-0.3, -0.25) is 4.99 Å². The molecule has 1 aromatic heterocycles. The summed E-state index contributed by atoms with van der Waals surface area (Å²) in [4.78, 5) is 22.4. The van der Waals surface area contributed by atoms with Crippen molar-refractivity contribution in [1.29, 1.82) is 0 Å². The minimum absolute atomic E-state index is 0.129. The highest BCUT2D eigenvalue weighted by Crippen LogP contribution is 2.52. The summed E-state index contributed by atoms with van der Waals surface area (Å²) in [6, 6.07) is 2.77. The third kappa shape index (κ3) is 5.13. The van der Waals surface area contributed by atoms with Gasteiger partial charge in [0.25, 0.3) is 0 Å². The van der Waals surface area contributed by atoms with E-state index < -0.39 is 33.3 Å². The van der Waals surface area contributed by atoms with E-state index in [9.17, 15) is 17.6 Å². The van der Waals surface area contributed by atoms with Crippen LogP contribution >= 0.6 is 22.9 Å². The summed E-state index contributed by atoms with van der Waals surface area (Å²) in [6.45, 7) is 5.74. The number of esters is 1. The van der Waals surface area contributed by atoms with E-state index in [1.165, 1.54) is 29.5 Å². The lowest BCUT2D eigenvalue weighted by Crippen LogP contribution is -2.60. The number of aliphatic imine (C=N–C) groups is 1. The summed E-state index contributed by atoms with van der Waals surface area (Å²) in [6.07, 6.45) is 3.23. The van der Waals surface area contributed by atoms with Crippen molar-refractivity contribution in [2.75, 3.05) is 12.9 Å². The third-order valence-electron chi connectivity index (χ3n) is 6.43. The number of carbonyl (C=O) groups is 1. The van der Waals surface area contributed by atoms with Crippen LogP contribution in [0.5, 0.6) is 0 Å². The molecule has 8 nitrogen and oxygen atoms in total. The van der Waals surface area contributed by atoms with Crippen LogP contribution in [0.4, 0.5) is 4.39 Å². The van der Waals surface area contributed by atoms with Crippen molar-refractivity contribution in [3.8, 4) is 0 Å². The summed E-state index contributed by atoms with van der Waals surface area (Å²) in [5, 5.41) is 5.85. The van der Waals surface area contributed by atoms with Gasteiger partial charge in [0.1, 0.15) is 11.9 Å². The molecule has 2 heterocycles. The Morgan fingerprint density at radius 2 is 2.14 bits per heavy atom. The maximum atomic E-state index is 13.8. The maximum absolute atomic E-state index is 13.8. The SMILES string of the molecule is CCOC(=O)C1=C([C@H]2C[C@@H](NS(C)(=O)=O)C2(C)C)NC(c2nccs2)=NC1c1ccc(F)cc1Cl. The van der Waals surface area contributed by atoms with E-state index in [0.29, 0.717) is 28.5 Å². The molecular formula is C23H26ClFN4O4S2. The van der Waals surface area contributed by atoms with Gasteiger partial charge in [-0.1, -0.05) is 31.5 Å². The maximum Gasteiger partial charge on any atom is 0.338 e. The molecule has 1 aliphatic heterocycles. The second-order valence-electron chi connectivity index (χ2n) is 9.11. The highest BCUT2D eigenvalue weighted by atomic mass is 35.5. The molecule has 0 radical (unpaired) electrons. The zero-order chi connectivity index (χ0) is 25.5. The number of carbonyl (C=O) groups excluding carboxylic acids is 1. The first-order valence-corrected chi connectivity index (χ1v) is 14.2. The topological polar surface area (TPSA) is 110 Å². The van der Waals surface area contributed by atoms with Crippen LogP contribution in [-0.4, -0.2) is 44.1 Å². The standard InChI is InChI=1S/C23H26ClFN4O4S2/c1-5-33-22(30)17-18(13-7-6-12(25)10-15(13)24)27-20(21-26-8-9-34-21)28-19(17)14-11-16(23(14,2)3)29-35(4,31)32/h6-10,14,16,18,29H,5,11H2,1-4H3,(H,27,28)/t14-,16-,18?/m1/s1. The first-order valence-electron chi connectivity index (χ1n) is 11.0. The zero-order valence-corrected chi connectivity index (χ0v) is 22.0. The Morgan fingerprint density at radius 3 is 2.71 bits per heavy atom. The van der Waals surface area contributed by atoms with E-state index in [0.717, 1.165) is 6.26 Å². The summed E-state index contributed by atoms with van der Waals surface area (Å²) in [5.41, 5.74) is 0.750. The quantitative estimate of drug-likeness (QED) is 0.517. The fraction of sp³-hybridized carbons (Fsp3) is 0.435. The van der Waals surface area contributed by atoms with Crippen LogP contribution in [0.3, 0.4) is 0 Å². The van der Waals surface area contributed by atoms with Gasteiger partial charge in [0.15, 0.2) is 10.8 Å². The number of aromatic nitrogens is 1. The summed E-state index contributed by atoms with van der Waals surface area (Å²) in [5.74, 6) is -0.858. The third-order valence-corrected chi connectivity index (χ3v) is 8.25. The molecule has 4 rings (SSSR count). The molecule has 1 saturated carbocycles. The molecule has 0 spiro atoms. The molecule has 2 aliphatic rings. The monoisotopic (exact) mass is 540 g/mol. The lowest BCUT2D eigenvalue weighted by Gasteiger charge is -2.53. The number of nitrogens with zero attached hydrogens (tertiary/aromatic N) is 2. The number of thiazole rings is 1. The minimum atomic E-state index is -3.42. The van der Waals surface area contributed by atoms with Crippen molar-refractivity contribution < 1.29 is 22.3 Å². The Hall–Kier alpha value is -2.34. The van der Waals surface area contributed by atoms with Gasteiger partial charge in [-0.15, -0.1) is 11.3 Å². The van der Waals surface area contributed by atoms with Crippen LogP contribution in [0.1, 0.15) is 43.8 Å². The van der Waals surface area contributed by atoms with Gasteiger partial charge in [-0.25, -0.2) is 27.3 Å². The fourth-order valence-electron chi connectivity index (χ4n) is 4.54. The molecule has 188 valence electrons. The largest absolute Gasteiger partial charge is 0.463 e. The van der Waals surface area contributed by atoms with Crippen LogP contribution < -0.4 is 10.0 Å². The number of hydrogen-bond acceptors (Lipinski definition) is 8. The number of allylic oxidation sites excluding steroid dienone is 1. The number of rotatable bonds is 7. The van der Waals surface area contributed by atoms with E-state index in [-0.39, 0.29) is 29.2 Å². The second kappa shape index (κ2) is 9.61. The van der Waals surface area contributed by atoms with Crippen LogP contribution in [0.2, 0.25) is 5.02 Å². The van der Waals surface area contributed by atoms with Crippen molar-refractivity contribution in [3.63, 3.8) is 0 Å². The van der Waals surface area contributed by atoms with Gasteiger partial charge in [0.2, 0.25) is 10.0 Å². The smallest absolute Gasteiger partial charge is 0.338 e. The number of sulfonamides is 1. The van der Waals surface area contributed by atoms with Gasteiger partial charge < -0.3 is 10.1 Å².